The predicted octanol–water partition coefficient (Wildman–Crippen LogP) is 1.25. The Morgan fingerprint density at radius 3 is 2.70 bits per heavy atom. The van der Waals surface area contributed by atoms with Gasteiger partial charge in [-0.25, -0.2) is 0 Å². The number of anilines is 2. The van der Waals surface area contributed by atoms with E-state index in [1.165, 1.54) is 12.8 Å². The summed E-state index contributed by atoms with van der Waals surface area (Å²) in [5, 5.41) is 0. The van der Waals surface area contributed by atoms with Crippen LogP contribution in [0.15, 0.2) is 0 Å². The lowest BCUT2D eigenvalue weighted by atomic mass is 10.2. The zero-order valence-corrected chi connectivity index (χ0v) is 12.0. The lowest BCUT2D eigenvalue weighted by Crippen LogP contribution is -2.37. The number of hydrogen-bond acceptors (Lipinski definition) is 7. The lowest BCUT2D eigenvalue weighted by Gasteiger charge is -2.26. The van der Waals surface area contributed by atoms with Crippen molar-refractivity contribution < 1.29 is 9.47 Å². The molecular formula is C13H23N5O2. The topological polar surface area (TPSA) is 86.4 Å². The van der Waals surface area contributed by atoms with Crippen molar-refractivity contribution in [1.29, 1.82) is 0 Å². The van der Waals surface area contributed by atoms with Crippen LogP contribution in [0.3, 0.4) is 0 Å². The molecule has 112 valence electrons. The molecule has 7 nitrogen and oxygen atoms in total. The molecule has 2 N–H and O–H groups in total. The van der Waals surface area contributed by atoms with Crippen LogP contribution < -0.4 is 15.4 Å². The van der Waals surface area contributed by atoms with Crippen molar-refractivity contribution in [3.05, 3.63) is 0 Å². The van der Waals surface area contributed by atoms with Gasteiger partial charge in [-0.3, -0.25) is 0 Å². The zero-order valence-electron chi connectivity index (χ0n) is 12.0. The van der Waals surface area contributed by atoms with E-state index in [2.05, 4.69) is 21.9 Å². The van der Waals surface area contributed by atoms with Crippen molar-refractivity contribution >= 4 is 11.9 Å². The van der Waals surface area contributed by atoms with Gasteiger partial charge in [0, 0.05) is 13.1 Å². The number of unbranched alkanes of at least 4 members (excludes halogenated alkanes) is 3. The van der Waals surface area contributed by atoms with Crippen molar-refractivity contribution in [3.8, 4) is 6.01 Å². The number of nitrogens with zero attached hydrogens (tertiary/aromatic N) is 4. The Kier molecular flexibility index (Phi) is 5.79. The summed E-state index contributed by atoms with van der Waals surface area (Å²) in [6, 6.07) is 0.315. The fourth-order valence-electron chi connectivity index (χ4n) is 2.02. The maximum absolute atomic E-state index is 5.72. The molecule has 1 fully saturated rings. The Labute approximate surface area is 119 Å². The fraction of sp³-hybridized carbons (Fsp3) is 0.769. The monoisotopic (exact) mass is 281 g/mol. The van der Waals surface area contributed by atoms with E-state index >= 15 is 0 Å². The summed E-state index contributed by atoms with van der Waals surface area (Å²) in [5.74, 6) is 0.773. The van der Waals surface area contributed by atoms with Gasteiger partial charge >= 0.3 is 6.01 Å². The highest BCUT2D eigenvalue weighted by Crippen LogP contribution is 2.15. The number of aromatic nitrogens is 3. The SMILES string of the molecule is CCCCCCOc1nc(N)nc(N2CCOCC2)n1. The summed E-state index contributed by atoms with van der Waals surface area (Å²) in [6.45, 7) is 5.69. The first-order valence-corrected chi connectivity index (χ1v) is 7.26. The van der Waals surface area contributed by atoms with Gasteiger partial charge in [-0.15, -0.1) is 0 Å². The van der Waals surface area contributed by atoms with Gasteiger partial charge in [-0.05, 0) is 6.42 Å². The second-order valence-electron chi connectivity index (χ2n) is 4.78. The number of morpholine rings is 1. The summed E-state index contributed by atoms with van der Waals surface area (Å²) in [7, 11) is 0. The predicted molar refractivity (Wildman–Crippen MR) is 76.9 cm³/mol. The van der Waals surface area contributed by atoms with Crippen molar-refractivity contribution in [2.24, 2.45) is 0 Å². The van der Waals surface area contributed by atoms with E-state index in [4.69, 9.17) is 15.2 Å². The van der Waals surface area contributed by atoms with E-state index in [1.54, 1.807) is 0 Å². The number of hydrogen-bond donors (Lipinski definition) is 1. The molecule has 0 aromatic carbocycles. The van der Waals surface area contributed by atoms with Crippen molar-refractivity contribution in [3.63, 3.8) is 0 Å². The Hall–Kier alpha value is -1.63. The quantitative estimate of drug-likeness (QED) is 0.753. The molecule has 2 rings (SSSR count). The van der Waals surface area contributed by atoms with Crippen LogP contribution in [0.5, 0.6) is 6.01 Å². The number of rotatable bonds is 7. The maximum atomic E-state index is 5.72. The second-order valence-corrected chi connectivity index (χ2v) is 4.78. The molecule has 0 saturated carbocycles. The third kappa shape index (κ3) is 4.48. The van der Waals surface area contributed by atoms with Crippen LogP contribution in [0, 0.1) is 0 Å². The van der Waals surface area contributed by atoms with Crippen LogP contribution >= 0.6 is 0 Å². The van der Waals surface area contributed by atoms with Crippen LogP contribution in [0.2, 0.25) is 0 Å². The normalized spacial score (nSPS) is 15.3. The van der Waals surface area contributed by atoms with Crippen molar-refractivity contribution in [1.82, 2.24) is 15.0 Å². The third-order valence-corrected chi connectivity index (χ3v) is 3.14. The molecule has 20 heavy (non-hydrogen) atoms. The average molecular weight is 281 g/mol. The van der Waals surface area contributed by atoms with Gasteiger partial charge in [0.25, 0.3) is 0 Å². The number of ether oxygens (including phenoxy) is 2. The van der Waals surface area contributed by atoms with E-state index in [9.17, 15) is 0 Å². The summed E-state index contributed by atoms with van der Waals surface area (Å²) in [6.07, 6.45) is 4.60. The molecule has 1 aromatic rings. The molecule has 0 amide bonds. The van der Waals surface area contributed by atoms with E-state index in [-0.39, 0.29) is 5.95 Å². The van der Waals surface area contributed by atoms with E-state index in [0.29, 0.717) is 31.8 Å². The van der Waals surface area contributed by atoms with Crippen LogP contribution in [0.25, 0.3) is 0 Å². The van der Waals surface area contributed by atoms with Gasteiger partial charge in [0.05, 0.1) is 19.8 Å². The van der Waals surface area contributed by atoms with Gasteiger partial charge < -0.3 is 20.1 Å². The van der Waals surface area contributed by atoms with Gasteiger partial charge in [-0.2, -0.15) is 15.0 Å². The van der Waals surface area contributed by atoms with E-state index in [0.717, 1.165) is 25.9 Å². The smallest absolute Gasteiger partial charge is 0.323 e. The van der Waals surface area contributed by atoms with Gasteiger partial charge in [0.1, 0.15) is 0 Å². The Bertz CT molecular complexity index is 410. The molecule has 0 aliphatic carbocycles. The highest BCUT2D eigenvalue weighted by atomic mass is 16.5. The molecule has 0 atom stereocenters. The second kappa shape index (κ2) is 7.84. The van der Waals surface area contributed by atoms with Crippen molar-refractivity contribution in [2.75, 3.05) is 43.5 Å². The molecule has 1 saturated heterocycles. The molecule has 2 heterocycles. The highest BCUT2D eigenvalue weighted by Gasteiger charge is 2.16. The first-order valence-electron chi connectivity index (χ1n) is 7.26. The van der Waals surface area contributed by atoms with E-state index < -0.39 is 0 Å². The first-order chi connectivity index (χ1) is 9.79. The summed E-state index contributed by atoms with van der Waals surface area (Å²) in [5.41, 5.74) is 5.72. The molecule has 0 unspecified atom stereocenters. The molecule has 0 bridgehead atoms. The summed E-state index contributed by atoms with van der Waals surface area (Å²) >= 11 is 0. The molecule has 0 spiro atoms. The number of nitrogen functional groups attached to an aromatic ring is 1. The van der Waals surface area contributed by atoms with Crippen LogP contribution in [0.4, 0.5) is 11.9 Å². The van der Waals surface area contributed by atoms with Gasteiger partial charge in [0.15, 0.2) is 0 Å². The molecule has 1 aliphatic heterocycles. The van der Waals surface area contributed by atoms with Crippen LogP contribution in [-0.2, 0) is 4.74 Å². The maximum Gasteiger partial charge on any atom is 0.323 e. The highest BCUT2D eigenvalue weighted by molar-refractivity contribution is 5.36. The zero-order chi connectivity index (χ0) is 14.2. The third-order valence-electron chi connectivity index (χ3n) is 3.14. The molecule has 1 aromatic heterocycles. The molecule has 1 aliphatic rings. The van der Waals surface area contributed by atoms with E-state index in [1.807, 2.05) is 4.90 Å². The van der Waals surface area contributed by atoms with Gasteiger partial charge in [-0.1, -0.05) is 26.2 Å². The largest absolute Gasteiger partial charge is 0.463 e. The number of nitrogens with two attached hydrogens (primary N) is 1. The molecule has 0 radical (unpaired) electrons. The summed E-state index contributed by atoms with van der Waals surface area (Å²) in [4.78, 5) is 14.5. The summed E-state index contributed by atoms with van der Waals surface area (Å²) < 4.78 is 10.9. The molecule has 7 heteroatoms. The Morgan fingerprint density at radius 2 is 1.95 bits per heavy atom. The minimum atomic E-state index is 0.199. The van der Waals surface area contributed by atoms with Crippen LogP contribution in [-0.4, -0.2) is 47.9 Å². The standard InChI is InChI=1S/C13H23N5O2/c1-2-3-4-5-8-20-13-16-11(14)15-12(17-13)18-6-9-19-10-7-18/h2-10H2,1H3,(H2,14,15,16,17). The van der Waals surface area contributed by atoms with Crippen LogP contribution in [0.1, 0.15) is 32.6 Å². The molecular weight excluding hydrogens is 258 g/mol. The minimum absolute atomic E-state index is 0.199. The van der Waals surface area contributed by atoms with Gasteiger partial charge in [0.2, 0.25) is 11.9 Å². The fourth-order valence-corrected chi connectivity index (χ4v) is 2.02. The Morgan fingerprint density at radius 1 is 1.15 bits per heavy atom. The Balaban J connectivity index is 1.90. The lowest BCUT2D eigenvalue weighted by molar-refractivity contribution is 0.122. The van der Waals surface area contributed by atoms with Crippen molar-refractivity contribution in [2.45, 2.75) is 32.6 Å². The minimum Gasteiger partial charge on any atom is -0.463 e. The average Bonchev–Trinajstić information content (AvgIpc) is 2.47. The first kappa shape index (κ1) is 14.8.